The van der Waals surface area contributed by atoms with Crippen LogP contribution in [0.2, 0.25) is 5.02 Å². The van der Waals surface area contributed by atoms with Crippen molar-refractivity contribution in [1.29, 1.82) is 0 Å². The highest BCUT2D eigenvalue weighted by Gasteiger charge is 2.12. The molecule has 122 valence electrons. The number of aromatic nitrogens is 1. The van der Waals surface area contributed by atoms with Gasteiger partial charge in [0.2, 0.25) is 0 Å². The lowest BCUT2D eigenvalue weighted by atomic mass is 10.1. The number of para-hydroxylation sites is 1. The number of fused-ring (bicyclic) bond motifs is 1. The van der Waals surface area contributed by atoms with Gasteiger partial charge in [0.05, 0.1) is 15.2 Å². The van der Waals surface area contributed by atoms with Crippen LogP contribution in [0.25, 0.3) is 20.8 Å². The number of nitrogens with one attached hydrogen (secondary N) is 1. The Morgan fingerprint density at radius 1 is 0.960 bits per heavy atom. The fraction of sp³-hybridized carbons (Fsp3) is 0. The van der Waals surface area contributed by atoms with E-state index in [0.29, 0.717) is 16.3 Å². The summed E-state index contributed by atoms with van der Waals surface area (Å²) in [5, 5.41) is 4.35. The zero-order valence-corrected chi connectivity index (χ0v) is 14.6. The summed E-state index contributed by atoms with van der Waals surface area (Å²) in [6.45, 7) is 0. The molecule has 0 aliphatic heterocycles. The van der Waals surface area contributed by atoms with Crippen molar-refractivity contribution in [3.63, 3.8) is 0 Å². The lowest BCUT2D eigenvalue weighted by Crippen LogP contribution is -2.11. The van der Waals surface area contributed by atoms with E-state index in [4.69, 9.17) is 11.6 Å². The van der Waals surface area contributed by atoms with Crippen LogP contribution in [0.3, 0.4) is 0 Å². The lowest BCUT2D eigenvalue weighted by Gasteiger charge is -2.08. The molecule has 1 heterocycles. The second-order valence-corrected chi connectivity index (χ2v) is 6.94. The zero-order chi connectivity index (χ0) is 17.2. The molecule has 5 heteroatoms. The third-order valence-electron chi connectivity index (χ3n) is 3.78. The molecule has 0 bridgehead atoms. The van der Waals surface area contributed by atoms with Crippen molar-refractivity contribution < 1.29 is 4.79 Å². The van der Waals surface area contributed by atoms with E-state index in [1.54, 1.807) is 35.6 Å². The van der Waals surface area contributed by atoms with Gasteiger partial charge in [-0.1, -0.05) is 41.9 Å². The molecular weight excluding hydrogens is 352 g/mol. The summed E-state index contributed by atoms with van der Waals surface area (Å²) >= 11 is 7.95. The fourth-order valence-electron chi connectivity index (χ4n) is 2.55. The first-order chi connectivity index (χ1) is 12.2. The predicted molar refractivity (Wildman–Crippen MR) is 104 cm³/mol. The number of hydrogen-bond acceptors (Lipinski definition) is 3. The second kappa shape index (κ2) is 6.67. The maximum absolute atomic E-state index is 12.3. The summed E-state index contributed by atoms with van der Waals surface area (Å²) < 4.78 is 1.10. The molecule has 0 unspecified atom stereocenters. The van der Waals surface area contributed by atoms with Crippen LogP contribution < -0.4 is 5.32 Å². The molecule has 0 radical (unpaired) electrons. The minimum Gasteiger partial charge on any atom is -0.322 e. The minimum atomic E-state index is -0.154. The van der Waals surface area contributed by atoms with Crippen LogP contribution in [0, 0.1) is 0 Å². The molecular formula is C20H13ClN2OS. The Balaban J connectivity index is 1.68. The Bertz CT molecular complexity index is 1030. The van der Waals surface area contributed by atoms with E-state index in [2.05, 4.69) is 10.3 Å². The third kappa shape index (κ3) is 3.27. The summed E-state index contributed by atoms with van der Waals surface area (Å²) in [4.78, 5) is 17.0. The highest BCUT2D eigenvalue weighted by atomic mass is 35.5. The van der Waals surface area contributed by atoms with Crippen molar-refractivity contribution in [2.75, 3.05) is 5.32 Å². The molecule has 0 saturated carbocycles. The Labute approximate surface area is 153 Å². The number of carbonyl (C=O) groups is 1. The molecule has 25 heavy (non-hydrogen) atoms. The number of rotatable bonds is 3. The van der Waals surface area contributed by atoms with Gasteiger partial charge in [-0.05, 0) is 42.5 Å². The number of nitrogens with zero attached hydrogens (tertiary/aromatic N) is 1. The normalized spacial score (nSPS) is 10.8. The van der Waals surface area contributed by atoms with Crippen molar-refractivity contribution in [1.82, 2.24) is 4.98 Å². The first-order valence-corrected chi connectivity index (χ1v) is 8.92. The highest BCUT2D eigenvalue weighted by Crippen LogP contribution is 2.35. The monoisotopic (exact) mass is 364 g/mol. The van der Waals surface area contributed by atoms with Gasteiger partial charge in [-0.25, -0.2) is 4.98 Å². The van der Waals surface area contributed by atoms with Crippen LogP contribution in [0.1, 0.15) is 10.4 Å². The summed E-state index contributed by atoms with van der Waals surface area (Å²) in [6, 6.07) is 22.5. The van der Waals surface area contributed by atoms with E-state index in [1.165, 1.54) is 0 Å². The van der Waals surface area contributed by atoms with E-state index in [1.807, 2.05) is 48.5 Å². The molecule has 0 atom stereocenters. The number of anilines is 1. The average molecular weight is 365 g/mol. The second-order valence-electron chi connectivity index (χ2n) is 5.50. The number of carbonyl (C=O) groups excluding carboxylic acids is 1. The summed E-state index contributed by atoms with van der Waals surface area (Å²) in [5.41, 5.74) is 3.05. The van der Waals surface area contributed by atoms with Gasteiger partial charge in [-0.2, -0.15) is 0 Å². The van der Waals surface area contributed by atoms with Crippen molar-refractivity contribution in [3.8, 4) is 10.6 Å². The molecule has 0 saturated heterocycles. The van der Waals surface area contributed by atoms with E-state index in [9.17, 15) is 4.79 Å². The molecule has 4 aromatic rings. The topological polar surface area (TPSA) is 42.0 Å². The van der Waals surface area contributed by atoms with E-state index < -0.39 is 0 Å². The molecule has 0 fully saturated rings. The van der Waals surface area contributed by atoms with Crippen LogP contribution in [-0.2, 0) is 0 Å². The van der Waals surface area contributed by atoms with E-state index >= 15 is 0 Å². The van der Waals surface area contributed by atoms with E-state index in [-0.39, 0.29) is 5.91 Å². The number of amides is 1. The Kier molecular flexibility index (Phi) is 4.22. The molecule has 1 N–H and O–H groups in total. The standard InChI is InChI=1S/C20H13ClN2OS/c21-16-11-10-14(22-19(24)13-6-2-1-3-7-13)12-15(16)20-23-17-8-4-5-9-18(17)25-20/h1-12H,(H,22,24). The van der Waals surface area contributed by atoms with Gasteiger partial charge in [0.15, 0.2) is 0 Å². The van der Waals surface area contributed by atoms with Gasteiger partial charge in [-0.15, -0.1) is 11.3 Å². The molecule has 3 nitrogen and oxygen atoms in total. The van der Waals surface area contributed by atoms with Gasteiger partial charge in [0.1, 0.15) is 5.01 Å². The fourth-order valence-corrected chi connectivity index (χ4v) is 3.81. The molecule has 3 aromatic carbocycles. The SMILES string of the molecule is O=C(Nc1ccc(Cl)c(-c2nc3ccccc3s2)c1)c1ccccc1. The number of halogens is 1. The lowest BCUT2D eigenvalue weighted by molar-refractivity contribution is 0.102. The van der Waals surface area contributed by atoms with Gasteiger partial charge in [-0.3, -0.25) is 4.79 Å². The molecule has 4 rings (SSSR count). The largest absolute Gasteiger partial charge is 0.322 e. The third-order valence-corrected chi connectivity index (χ3v) is 5.18. The molecule has 0 aliphatic rings. The van der Waals surface area contributed by atoms with Crippen LogP contribution in [0.15, 0.2) is 72.8 Å². The van der Waals surface area contributed by atoms with Crippen molar-refractivity contribution in [3.05, 3.63) is 83.4 Å². The molecule has 1 aromatic heterocycles. The summed E-state index contributed by atoms with van der Waals surface area (Å²) in [7, 11) is 0. The Hall–Kier alpha value is -2.69. The van der Waals surface area contributed by atoms with Gasteiger partial charge < -0.3 is 5.32 Å². The molecule has 0 aliphatic carbocycles. The van der Waals surface area contributed by atoms with E-state index in [0.717, 1.165) is 20.8 Å². The number of thiazole rings is 1. The maximum Gasteiger partial charge on any atom is 0.255 e. The predicted octanol–water partition coefficient (Wildman–Crippen LogP) is 5.87. The average Bonchev–Trinajstić information content (AvgIpc) is 3.08. The zero-order valence-electron chi connectivity index (χ0n) is 13.1. The van der Waals surface area contributed by atoms with Crippen LogP contribution >= 0.6 is 22.9 Å². The van der Waals surface area contributed by atoms with Crippen LogP contribution in [0.4, 0.5) is 5.69 Å². The first-order valence-electron chi connectivity index (χ1n) is 7.72. The molecule has 0 spiro atoms. The number of hydrogen-bond donors (Lipinski definition) is 1. The van der Waals surface area contributed by atoms with Crippen LogP contribution in [-0.4, -0.2) is 10.9 Å². The van der Waals surface area contributed by atoms with Gasteiger partial charge >= 0.3 is 0 Å². The van der Waals surface area contributed by atoms with Crippen molar-refractivity contribution in [2.45, 2.75) is 0 Å². The van der Waals surface area contributed by atoms with Gasteiger partial charge in [0.25, 0.3) is 5.91 Å². The Morgan fingerprint density at radius 3 is 2.52 bits per heavy atom. The quantitative estimate of drug-likeness (QED) is 0.494. The number of benzene rings is 3. The first kappa shape index (κ1) is 15.8. The van der Waals surface area contributed by atoms with Crippen molar-refractivity contribution in [2.24, 2.45) is 0 Å². The summed E-state index contributed by atoms with van der Waals surface area (Å²) in [5.74, 6) is -0.154. The van der Waals surface area contributed by atoms with Crippen molar-refractivity contribution >= 4 is 44.7 Å². The maximum atomic E-state index is 12.3. The van der Waals surface area contributed by atoms with Gasteiger partial charge in [0, 0.05) is 16.8 Å². The molecule has 1 amide bonds. The minimum absolute atomic E-state index is 0.154. The smallest absolute Gasteiger partial charge is 0.255 e. The Morgan fingerprint density at radius 2 is 1.72 bits per heavy atom. The highest BCUT2D eigenvalue weighted by molar-refractivity contribution is 7.21. The van der Waals surface area contributed by atoms with Crippen LogP contribution in [0.5, 0.6) is 0 Å². The summed E-state index contributed by atoms with van der Waals surface area (Å²) in [6.07, 6.45) is 0.